The number of rotatable bonds is 7. The molecule has 2 aliphatic heterocycles. The highest BCUT2D eigenvalue weighted by molar-refractivity contribution is 5.84. The SMILES string of the molecule is CC(=O)O[C@@H]1[C@@H](OCc2ccccc2)[C@H](OC(=Nc2ccccc2)C(F)(F)F)O[C@@H]2COC(c3ccccc3)O[C@@H]12. The Balaban J connectivity index is 1.48. The highest BCUT2D eigenvalue weighted by Gasteiger charge is 2.55. The number of halogens is 3. The second-order valence-corrected chi connectivity index (χ2v) is 9.42. The topological polar surface area (TPSA) is 84.8 Å². The number of benzene rings is 3. The van der Waals surface area contributed by atoms with E-state index in [9.17, 15) is 18.0 Å². The minimum absolute atomic E-state index is 0.0281. The molecule has 3 aromatic rings. The highest BCUT2D eigenvalue weighted by Crippen LogP contribution is 2.38. The Kier molecular flexibility index (Phi) is 8.99. The predicted octanol–water partition coefficient (Wildman–Crippen LogP) is 5.65. The molecule has 3 aromatic carbocycles. The van der Waals surface area contributed by atoms with Crippen LogP contribution in [0.1, 0.15) is 24.3 Å². The number of para-hydroxylation sites is 1. The van der Waals surface area contributed by atoms with Crippen molar-refractivity contribution in [2.45, 2.75) is 56.7 Å². The zero-order chi connectivity index (χ0) is 28.8. The highest BCUT2D eigenvalue weighted by atomic mass is 19.4. The van der Waals surface area contributed by atoms with Crippen LogP contribution in [0.4, 0.5) is 18.9 Å². The molecule has 216 valence electrons. The molecule has 2 heterocycles. The van der Waals surface area contributed by atoms with Gasteiger partial charge in [-0.2, -0.15) is 13.2 Å². The third kappa shape index (κ3) is 7.31. The van der Waals surface area contributed by atoms with Crippen molar-refractivity contribution in [3.05, 3.63) is 102 Å². The summed E-state index contributed by atoms with van der Waals surface area (Å²) in [6, 6.07) is 25.6. The Hall–Kier alpha value is -3.77. The van der Waals surface area contributed by atoms with Gasteiger partial charge in [0.1, 0.15) is 12.2 Å². The molecule has 0 amide bonds. The maximum atomic E-state index is 14.1. The molecule has 2 fully saturated rings. The summed E-state index contributed by atoms with van der Waals surface area (Å²) in [5, 5.41) is 0. The predicted molar refractivity (Wildman–Crippen MR) is 140 cm³/mol. The fraction of sp³-hybridized carbons (Fsp3) is 0.333. The number of carbonyl (C=O) groups excluding carboxylic acids is 1. The summed E-state index contributed by atoms with van der Waals surface area (Å²) < 4.78 is 77.5. The molecule has 0 N–H and O–H groups in total. The fourth-order valence-corrected chi connectivity index (χ4v) is 4.58. The molecule has 0 bridgehead atoms. The maximum absolute atomic E-state index is 14.1. The Morgan fingerprint density at radius 2 is 1.51 bits per heavy atom. The lowest BCUT2D eigenvalue weighted by Crippen LogP contribution is -2.64. The fourth-order valence-electron chi connectivity index (χ4n) is 4.58. The van der Waals surface area contributed by atoms with Gasteiger partial charge >= 0.3 is 12.1 Å². The van der Waals surface area contributed by atoms with E-state index in [1.54, 1.807) is 54.6 Å². The van der Waals surface area contributed by atoms with Crippen LogP contribution in [-0.4, -0.2) is 55.4 Å². The number of nitrogens with zero attached hydrogens (tertiary/aromatic N) is 1. The molecular weight excluding hydrogens is 543 g/mol. The molecule has 11 heteroatoms. The first-order valence-corrected chi connectivity index (χ1v) is 13.0. The summed E-state index contributed by atoms with van der Waals surface area (Å²) in [5.41, 5.74) is 1.47. The van der Waals surface area contributed by atoms with E-state index in [0.717, 1.165) is 5.56 Å². The lowest BCUT2D eigenvalue weighted by atomic mass is 9.97. The number of ether oxygens (including phenoxy) is 6. The zero-order valence-corrected chi connectivity index (χ0v) is 22.0. The van der Waals surface area contributed by atoms with Crippen LogP contribution >= 0.6 is 0 Å². The minimum atomic E-state index is -4.96. The Bertz CT molecular complexity index is 1310. The molecule has 2 aliphatic rings. The number of carbonyl (C=O) groups is 1. The van der Waals surface area contributed by atoms with Crippen molar-refractivity contribution in [2.75, 3.05) is 6.61 Å². The van der Waals surface area contributed by atoms with Gasteiger partial charge in [0.25, 0.3) is 5.90 Å². The quantitative estimate of drug-likeness (QED) is 0.206. The molecule has 0 aliphatic carbocycles. The van der Waals surface area contributed by atoms with E-state index in [0.29, 0.717) is 5.56 Å². The Labute approximate surface area is 234 Å². The van der Waals surface area contributed by atoms with Crippen LogP contribution in [0.15, 0.2) is 96.0 Å². The number of hydrogen-bond acceptors (Lipinski definition) is 8. The van der Waals surface area contributed by atoms with Crippen molar-refractivity contribution in [3.8, 4) is 0 Å². The molecule has 0 saturated carbocycles. The molecule has 2 saturated heterocycles. The van der Waals surface area contributed by atoms with Crippen LogP contribution in [0.5, 0.6) is 0 Å². The van der Waals surface area contributed by atoms with Crippen LogP contribution in [0.25, 0.3) is 0 Å². The van der Waals surface area contributed by atoms with Gasteiger partial charge in [-0.05, 0) is 17.7 Å². The van der Waals surface area contributed by atoms with E-state index >= 15 is 0 Å². The standard InChI is InChI=1S/C30H28F3NO7/c1-19(35)38-25-24-23(18-37-27(40-24)21-13-7-3-8-14-21)39-28(26(25)36-17-20-11-5-2-6-12-20)41-29(30(31,32)33)34-22-15-9-4-10-16-22/h2-16,23-28H,17-18H2,1H3/t23-,24-,25+,26-,27?,28+/m1/s1. The van der Waals surface area contributed by atoms with E-state index in [2.05, 4.69) is 4.99 Å². The number of esters is 1. The smallest absolute Gasteiger partial charge is 0.457 e. The first-order chi connectivity index (χ1) is 19.8. The second kappa shape index (κ2) is 12.8. The van der Waals surface area contributed by atoms with E-state index in [4.69, 9.17) is 28.4 Å². The average molecular weight is 572 g/mol. The summed E-state index contributed by atoms with van der Waals surface area (Å²) in [4.78, 5) is 15.9. The van der Waals surface area contributed by atoms with Crippen molar-refractivity contribution in [1.82, 2.24) is 0 Å². The van der Waals surface area contributed by atoms with E-state index in [-0.39, 0.29) is 18.9 Å². The van der Waals surface area contributed by atoms with Crippen LogP contribution in [-0.2, 0) is 39.8 Å². The van der Waals surface area contributed by atoms with Gasteiger partial charge in [-0.25, -0.2) is 4.99 Å². The summed E-state index contributed by atoms with van der Waals surface area (Å²) in [5.74, 6) is -2.22. The van der Waals surface area contributed by atoms with Gasteiger partial charge < -0.3 is 28.4 Å². The molecule has 5 rings (SSSR count). The summed E-state index contributed by atoms with van der Waals surface area (Å²) in [6.07, 6.45) is -11.8. The van der Waals surface area contributed by atoms with Gasteiger partial charge in [-0.15, -0.1) is 0 Å². The summed E-state index contributed by atoms with van der Waals surface area (Å²) in [7, 11) is 0. The van der Waals surface area contributed by atoms with Gasteiger partial charge in [0.05, 0.1) is 18.9 Å². The third-order valence-electron chi connectivity index (χ3n) is 6.40. The monoisotopic (exact) mass is 571 g/mol. The molecule has 41 heavy (non-hydrogen) atoms. The van der Waals surface area contributed by atoms with Crippen molar-refractivity contribution in [1.29, 1.82) is 0 Å². The van der Waals surface area contributed by atoms with Gasteiger partial charge in [0.2, 0.25) is 6.29 Å². The Morgan fingerprint density at radius 3 is 2.15 bits per heavy atom. The zero-order valence-electron chi connectivity index (χ0n) is 22.0. The molecular formula is C30H28F3NO7. The lowest BCUT2D eigenvalue weighted by molar-refractivity contribution is -0.359. The first-order valence-electron chi connectivity index (χ1n) is 13.0. The first kappa shape index (κ1) is 28.7. The van der Waals surface area contributed by atoms with E-state index < -0.39 is 55.0 Å². The minimum Gasteiger partial charge on any atom is -0.457 e. The van der Waals surface area contributed by atoms with Crippen molar-refractivity contribution >= 4 is 17.6 Å². The molecule has 8 nitrogen and oxygen atoms in total. The van der Waals surface area contributed by atoms with Gasteiger partial charge in [0.15, 0.2) is 18.5 Å². The van der Waals surface area contributed by atoms with Gasteiger partial charge in [-0.3, -0.25) is 4.79 Å². The van der Waals surface area contributed by atoms with Crippen molar-refractivity contribution in [2.24, 2.45) is 4.99 Å². The summed E-state index contributed by atoms with van der Waals surface area (Å²) in [6.45, 7) is 1.10. The van der Waals surface area contributed by atoms with Crippen LogP contribution in [0.2, 0.25) is 0 Å². The number of fused-ring (bicyclic) bond motifs is 1. The van der Waals surface area contributed by atoms with Crippen LogP contribution in [0.3, 0.4) is 0 Å². The normalized spacial score (nSPS) is 26.6. The van der Waals surface area contributed by atoms with Crippen LogP contribution in [0, 0.1) is 0 Å². The van der Waals surface area contributed by atoms with Gasteiger partial charge in [-0.1, -0.05) is 78.9 Å². The molecule has 1 unspecified atom stereocenters. The third-order valence-corrected chi connectivity index (χ3v) is 6.40. The average Bonchev–Trinajstić information content (AvgIpc) is 2.97. The number of aliphatic imine (C=N–C) groups is 1. The molecule has 0 spiro atoms. The van der Waals surface area contributed by atoms with E-state index in [1.165, 1.54) is 19.1 Å². The van der Waals surface area contributed by atoms with Crippen molar-refractivity contribution in [3.63, 3.8) is 0 Å². The molecule has 0 radical (unpaired) electrons. The van der Waals surface area contributed by atoms with Crippen LogP contribution < -0.4 is 0 Å². The summed E-state index contributed by atoms with van der Waals surface area (Å²) >= 11 is 0. The number of hydrogen-bond donors (Lipinski definition) is 0. The Morgan fingerprint density at radius 1 is 0.878 bits per heavy atom. The lowest BCUT2D eigenvalue weighted by Gasteiger charge is -2.48. The largest absolute Gasteiger partial charge is 0.468 e. The maximum Gasteiger partial charge on any atom is 0.468 e. The second-order valence-electron chi connectivity index (χ2n) is 9.42. The van der Waals surface area contributed by atoms with E-state index in [1.807, 2.05) is 24.3 Å². The van der Waals surface area contributed by atoms with Gasteiger partial charge in [0, 0.05) is 12.5 Å². The molecule has 0 aromatic heterocycles. The van der Waals surface area contributed by atoms with Crippen molar-refractivity contribution < 1.29 is 46.4 Å². The molecule has 6 atom stereocenters. The number of alkyl halides is 3.